The van der Waals surface area contributed by atoms with Gasteiger partial charge in [-0.2, -0.15) is 0 Å². The van der Waals surface area contributed by atoms with Gasteiger partial charge in [-0.3, -0.25) is 9.69 Å². The third-order valence-corrected chi connectivity index (χ3v) is 3.67. The first-order valence-electron chi connectivity index (χ1n) is 6.75. The highest BCUT2D eigenvalue weighted by Gasteiger charge is 2.30. The number of carboxylic acid groups (broad SMARTS) is 1. The smallest absolute Gasteiger partial charge is 0.321 e. The van der Waals surface area contributed by atoms with E-state index in [0.717, 1.165) is 32.5 Å². The number of hydrogen-bond donors (Lipinski definition) is 1. The van der Waals surface area contributed by atoms with Crippen molar-refractivity contribution in [2.75, 3.05) is 20.3 Å². The van der Waals surface area contributed by atoms with Crippen molar-refractivity contribution in [3.8, 4) is 0 Å². The molecule has 1 aromatic rings. The molecule has 1 N–H and O–H groups in total. The Morgan fingerprint density at radius 3 is 2.79 bits per heavy atom. The summed E-state index contributed by atoms with van der Waals surface area (Å²) in [5.74, 6) is -0.721. The first kappa shape index (κ1) is 14.0. The van der Waals surface area contributed by atoms with Crippen LogP contribution in [0.2, 0.25) is 0 Å². The molecule has 1 aliphatic heterocycles. The van der Waals surface area contributed by atoms with Gasteiger partial charge in [-0.15, -0.1) is 0 Å². The van der Waals surface area contributed by atoms with Crippen molar-refractivity contribution < 1.29 is 14.6 Å². The number of nitrogens with zero attached hydrogens (tertiary/aromatic N) is 1. The highest BCUT2D eigenvalue weighted by atomic mass is 16.5. The Balaban J connectivity index is 2.02. The van der Waals surface area contributed by atoms with E-state index in [-0.39, 0.29) is 0 Å². The third kappa shape index (κ3) is 3.55. The number of methoxy groups -OCH3 is 1. The molecule has 0 spiro atoms. The lowest BCUT2D eigenvalue weighted by molar-refractivity contribution is -0.144. The third-order valence-electron chi connectivity index (χ3n) is 3.67. The highest BCUT2D eigenvalue weighted by molar-refractivity contribution is 5.74. The zero-order chi connectivity index (χ0) is 13.7. The van der Waals surface area contributed by atoms with E-state index in [2.05, 4.69) is 11.0 Å². The lowest BCUT2D eigenvalue weighted by atomic mass is 9.94. The van der Waals surface area contributed by atoms with Gasteiger partial charge >= 0.3 is 5.97 Å². The largest absolute Gasteiger partial charge is 0.480 e. The standard InChI is InChI=1S/C15H21NO3/c1-19-9-5-4-8-16-11-13-7-3-2-6-12(13)10-14(16)15(17)18/h2-3,6-7,14H,4-5,8-11H2,1H3,(H,17,18)/t14-/m0/s1. The Bertz CT molecular complexity index is 433. The van der Waals surface area contributed by atoms with Crippen LogP contribution in [0.25, 0.3) is 0 Å². The molecule has 1 atom stereocenters. The van der Waals surface area contributed by atoms with Gasteiger partial charge in [0, 0.05) is 20.3 Å². The van der Waals surface area contributed by atoms with Gasteiger partial charge in [-0.25, -0.2) is 0 Å². The van der Waals surface area contributed by atoms with E-state index in [1.54, 1.807) is 7.11 Å². The number of aliphatic carboxylic acids is 1. The Hall–Kier alpha value is -1.39. The van der Waals surface area contributed by atoms with Crippen LogP contribution in [0.3, 0.4) is 0 Å². The van der Waals surface area contributed by atoms with E-state index in [4.69, 9.17) is 4.74 Å². The number of rotatable bonds is 6. The molecule has 4 nitrogen and oxygen atoms in total. The summed E-state index contributed by atoms with van der Waals surface area (Å²) in [6.07, 6.45) is 2.55. The maximum absolute atomic E-state index is 11.4. The molecule has 104 valence electrons. The second-order valence-corrected chi connectivity index (χ2v) is 5.00. The van der Waals surface area contributed by atoms with Crippen molar-refractivity contribution in [3.05, 3.63) is 35.4 Å². The fourth-order valence-corrected chi connectivity index (χ4v) is 2.62. The molecule has 0 amide bonds. The molecular formula is C15H21NO3. The summed E-state index contributed by atoms with van der Waals surface area (Å²) in [5.41, 5.74) is 2.43. The molecule has 0 fully saturated rings. The molecular weight excluding hydrogens is 242 g/mol. The van der Waals surface area contributed by atoms with Gasteiger partial charge in [-0.1, -0.05) is 24.3 Å². The van der Waals surface area contributed by atoms with Gasteiger partial charge in [0.1, 0.15) is 6.04 Å². The average molecular weight is 263 g/mol. The topological polar surface area (TPSA) is 49.8 Å². The van der Waals surface area contributed by atoms with Crippen molar-refractivity contribution in [1.82, 2.24) is 4.90 Å². The quantitative estimate of drug-likeness (QED) is 0.797. The average Bonchev–Trinajstić information content (AvgIpc) is 2.42. The molecule has 4 heteroatoms. The molecule has 0 bridgehead atoms. The van der Waals surface area contributed by atoms with E-state index >= 15 is 0 Å². The van der Waals surface area contributed by atoms with E-state index in [1.165, 1.54) is 11.1 Å². The molecule has 19 heavy (non-hydrogen) atoms. The van der Waals surface area contributed by atoms with E-state index < -0.39 is 12.0 Å². The predicted octanol–water partition coefficient (Wildman–Crippen LogP) is 1.92. The summed E-state index contributed by atoms with van der Waals surface area (Å²) in [6, 6.07) is 7.73. The fraction of sp³-hybridized carbons (Fsp3) is 0.533. The molecule has 2 rings (SSSR count). The summed E-state index contributed by atoms with van der Waals surface area (Å²) in [7, 11) is 1.69. The number of benzene rings is 1. The fourth-order valence-electron chi connectivity index (χ4n) is 2.62. The summed E-state index contributed by atoms with van der Waals surface area (Å²) in [4.78, 5) is 13.5. The van der Waals surface area contributed by atoms with E-state index in [0.29, 0.717) is 6.42 Å². The molecule has 1 heterocycles. The van der Waals surface area contributed by atoms with Gasteiger partial charge in [0.25, 0.3) is 0 Å². The minimum absolute atomic E-state index is 0.391. The van der Waals surface area contributed by atoms with Crippen LogP contribution in [-0.2, 0) is 22.5 Å². The highest BCUT2D eigenvalue weighted by Crippen LogP contribution is 2.23. The monoisotopic (exact) mass is 263 g/mol. The van der Waals surface area contributed by atoms with Gasteiger partial charge in [-0.05, 0) is 36.9 Å². The van der Waals surface area contributed by atoms with E-state index in [9.17, 15) is 9.90 Å². The summed E-state index contributed by atoms with van der Waals surface area (Å²) < 4.78 is 5.03. The molecule has 0 saturated heterocycles. The number of fused-ring (bicyclic) bond motifs is 1. The normalized spacial score (nSPS) is 19.1. The number of unbranched alkanes of at least 4 members (excludes halogenated alkanes) is 1. The zero-order valence-electron chi connectivity index (χ0n) is 11.3. The number of carbonyl (C=O) groups is 1. The van der Waals surface area contributed by atoms with Crippen molar-refractivity contribution in [2.24, 2.45) is 0 Å². The molecule has 0 saturated carbocycles. The Morgan fingerprint density at radius 2 is 2.11 bits per heavy atom. The van der Waals surface area contributed by atoms with Crippen molar-refractivity contribution in [3.63, 3.8) is 0 Å². The number of hydrogen-bond acceptors (Lipinski definition) is 3. The Morgan fingerprint density at radius 1 is 1.37 bits per heavy atom. The van der Waals surface area contributed by atoms with Gasteiger partial charge in [0.15, 0.2) is 0 Å². The van der Waals surface area contributed by atoms with Crippen LogP contribution < -0.4 is 0 Å². The van der Waals surface area contributed by atoms with Crippen LogP contribution in [0.4, 0.5) is 0 Å². The Kier molecular flexibility index (Phi) is 4.93. The van der Waals surface area contributed by atoms with Gasteiger partial charge < -0.3 is 9.84 Å². The molecule has 0 unspecified atom stereocenters. The first-order chi connectivity index (χ1) is 9.22. The SMILES string of the molecule is COCCCCN1Cc2ccccc2C[C@H]1C(=O)O. The van der Waals surface area contributed by atoms with Crippen molar-refractivity contribution in [1.29, 1.82) is 0 Å². The van der Waals surface area contributed by atoms with Crippen LogP contribution in [0.5, 0.6) is 0 Å². The lowest BCUT2D eigenvalue weighted by Gasteiger charge is -2.34. The maximum Gasteiger partial charge on any atom is 0.321 e. The minimum atomic E-state index is -0.721. The zero-order valence-corrected chi connectivity index (χ0v) is 11.3. The second-order valence-electron chi connectivity index (χ2n) is 5.00. The lowest BCUT2D eigenvalue weighted by Crippen LogP contribution is -2.45. The minimum Gasteiger partial charge on any atom is -0.480 e. The maximum atomic E-state index is 11.4. The Labute approximate surface area is 114 Å². The summed E-state index contributed by atoms with van der Waals surface area (Å²) >= 11 is 0. The predicted molar refractivity (Wildman–Crippen MR) is 73.1 cm³/mol. The molecule has 0 aliphatic carbocycles. The first-order valence-corrected chi connectivity index (χ1v) is 6.75. The van der Waals surface area contributed by atoms with Crippen LogP contribution in [0.15, 0.2) is 24.3 Å². The van der Waals surface area contributed by atoms with Gasteiger partial charge in [0.05, 0.1) is 0 Å². The molecule has 1 aliphatic rings. The number of ether oxygens (including phenoxy) is 1. The van der Waals surface area contributed by atoms with E-state index in [1.807, 2.05) is 18.2 Å². The summed E-state index contributed by atoms with van der Waals surface area (Å²) in [5, 5.41) is 9.37. The molecule has 0 aromatic heterocycles. The van der Waals surface area contributed by atoms with Gasteiger partial charge in [0.2, 0.25) is 0 Å². The van der Waals surface area contributed by atoms with Crippen molar-refractivity contribution in [2.45, 2.75) is 31.8 Å². The van der Waals surface area contributed by atoms with Crippen LogP contribution >= 0.6 is 0 Å². The van der Waals surface area contributed by atoms with Crippen LogP contribution in [-0.4, -0.2) is 42.3 Å². The van der Waals surface area contributed by atoms with Crippen LogP contribution in [0, 0.1) is 0 Å². The molecule has 1 aromatic carbocycles. The molecule has 0 radical (unpaired) electrons. The van der Waals surface area contributed by atoms with Crippen LogP contribution in [0.1, 0.15) is 24.0 Å². The summed E-state index contributed by atoms with van der Waals surface area (Å²) in [6.45, 7) is 2.29. The van der Waals surface area contributed by atoms with Crippen molar-refractivity contribution >= 4 is 5.97 Å². The number of carboxylic acids is 1. The second kappa shape index (κ2) is 6.68.